The van der Waals surface area contributed by atoms with E-state index in [9.17, 15) is 0 Å². The van der Waals surface area contributed by atoms with Crippen molar-refractivity contribution in [2.75, 3.05) is 31.2 Å². The molecule has 1 atom stereocenters. The van der Waals surface area contributed by atoms with Crippen LogP contribution in [0.15, 0.2) is 18.5 Å². The molecule has 5 nitrogen and oxygen atoms in total. The zero-order valence-electron chi connectivity index (χ0n) is 11.9. The first-order valence-corrected chi connectivity index (χ1v) is 7.67. The van der Waals surface area contributed by atoms with Gasteiger partial charge in [-0.3, -0.25) is 0 Å². The fourth-order valence-electron chi connectivity index (χ4n) is 2.86. The average molecular weight is 277 g/mol. The fraction of sp³-hybridized carbons (Fsp3) is 0.733. The Morgan fingerprint density at radius 2 is 1.95 bits per heavy atom. The third kappa shape index (κ3) is 3.67. The van der Waals surface area contributed by atoms with E-state index in [1.165, 1.54) is 12.8 Å². The summed E-state index contributed by atoms with van der Waals surface area (Å²) in [5.74, 6) is 0.835. The maximum absolute atomic E-state index is 6.01. The number of hydrogen-bond donors (Lipinski definition) is 0. The summed E-state index contributed by atoms with van der Waals surface area (Å²) in [5.41, 5.74) is 0. The molecule has 0 saturated carbocycles. The van der Waals surface area contributed by atoms with Crippen LogP contribution in [-0.4, -0.2) is 48.5 Å². The molecule has 0 amide bonds. The minimum Gasteiger partial charge on any atom is -0.376 e. The van der Waals surface area contributed by atoms with Gasteiger partial charge in [-0.15, -0.1) is 0 Å². The number of ether oxygens (including phenoxy) is 2. The minimum absolute atomic E-state index is 0.319. The molecule has 3 rings (SSSR count). The second kappa shape index (κ2) is 6.99. The zero-order valence-corrected chi connectivity index (χ0v) is 11.9. The molecule has 3 heterocycles. The Balaban J connectivity index is 1.40. The normalized spacial score (nSPS) is 24.8. The van der Waals surface area contributed by atoms with Crippen LogP contribution in [0.4, 0.5) is 5.95 Å². The van der Waals surface area contributed by atoms with Gasteiger partial charge in [0, 0.05) is 32.1 Å². The standard InChI is InChI=1S/C15H23N3O2/c1-2-11-19-14(4-1)12-20-13-5-9-18(10-6-13)15-16-7-3-8-17-15/h3,7-8,13-14H,1-2,4-6,9-12H2/t14-/m0/s1. The molecule has 0 aliphatic carbocycles. The molecule has 2 aliphatic rings. The molecule has 2 aliphatic heterocycles. The van der Waals surface area contributed by atoms with Gasteiger partial charge in [0.1, 0.15) is 0 Å². The monoisotopic (exact) mass is 277 g/mol. The molecule has 20 heavy (non-hydrogen) atoms. The number of piperidine rings is 1. The summed E-state index contributed by atoms with van der Waals surface area (Å²) in [5, 5.41) is 0. The van der Waals surface area contributed by atoms with Crippen LogP contribution in [0.3, 0.4) is 0 Å². The van der Waals surface area contributed by atoms with Gasteiger partial charge in [0.2, 0.25) is 5.95 Å². The van der Waals surface area contributed by atoms with Crippen molar-refractivity contribution in [3.05, 3.63) is 18.5 Å². The van der Waals surface area contributed by atoms with E-state index < -0.39 is 0 Å². The number of aromatic nitrogens is 2. The molecule has 0 N–H and O–H groups in total. The Morgan fingerprint density at radius 3 is 2.65 bits per heavy atom. The predicted octanol–water partition coefficient (Wildman–Crippen LogP) is 2.03. The van der Waals surface area contributed by atoms with Crippen molar-refractivity contribution in [3.63, 3.8) is 0 Å². The lowest BCUT2D eigenvalue weighted by Crippen LogP contribution is -2.39. The van der Waals surface area contributed by atoms with E-state index in [4.69, 9.17) is 9.47 Å². The minimum atomic E-state index is 0.319. The molecule has 0 spiro atoms. The van der Waals surface area contributed by atoms with Crippen molar-refractivity contribution in [2.45, 2.75) is 44.3 Å². The van der Waals surface area contributed by atoms with Crippen LogP contribution in [0, 0.1) is 0 Å². The van der Waals surface area contributed by atoms with Gasteiger partial charge < -0.3 is 14.4 Å². The number of anilines is 1. The van der Waals surface area contributed by atoms with Crippen molar-refractivity contribution in [3.8, 4) is 0 Å². The third-order valence-electron chi connectivity index (χ3n) is 4.07. The van der Waals surface area contributed by atoms with Gasteiger partial charge in [0.15, 0.2) is 0 Å². The van der Waals surface area contributed by atoms with E-state index in [1.54, 1.807) is 12.4 Å². The highest BCUT2D eigenvalue weighted by Gasteiger charge is 2.23. The van der Waals surface area contributed by atoms with Crippen LogP contribution in [0.2, 0.25) is 0 Å². The van der Waals surface area contributed by atoms with E-state index in [0.717, 1.165) is 51.5 Å². The highest BCUT2D eigenvalue weighted by molar-refractivity contribution is 5.28. The largest absolute Gasteiger partial charge is 0.376 e. The third-order valence-corrected chi connectivity index (χ3v) is 4.07. The van der Waals surface area contributed by atoms with Crippen molar-refractivity contribution in [2.24, 2.45) is 0 Å². The van der Waals surface area contributed by atoms with Crippen LogP contribution < -0.4 is 4.90 Å². The fourth-order valence-corrected chi connectivity index (χ4v) is 2.86. The number of nitrogens with zero attached hydrogens (tertiary/aromatic N) is 3. The summed E-state index contributed by atoms with van der Waals surface area (Å²) >= 11 is 0. The van der Waals surface area contributed by atoms with Gasteiger partial charge in [-0.1, -0.05) is 0 Å². The zero-order chi connectivity index (χ0) is 13.6. The van der Waals surface area contributed by atoms with Crippen molar-refractivity contribution >= 4 is 5.95 Å². The summed E-state index contributed by atoms with van der Waals surface area (Å²) in [6.07, 6.45) is 9.99. The summed E-state index contributed by atoms with van der Waals surface area (Å²) in [4.78, 5) is 10.8. The molecule has 0 bridgehead atoms. The second-order valence-electron chi connectivity index (χ2n) is 5.56. The molecule has 2 fully saturated rings. The van der Waals surface area contributed by atoms with E-state index in [0.29, 0.717) is 12.2 Å². The molecule has 1 aromatic heterocycles. The molecule has 5 heteroatoms. The SMILES string of the molecule is c1cnc(N2CCC(OC[C@@H]3CCCCO3)CC2)nc1. The van der Waals surface area contributed by atoms with Gasteiger partial charge >= 0.3 is 0 Å². The molecular weight excluding hydrogens is 254 g/mol. The first-order chi connectivity index (χ1) is 9.92. The maximum atomic E-state index is 6.01. The highest BCUT2D eigenvalue weighted by atomic mass is 16.5. The van der Waals surface area contributed by atoms with Crippen LogP contribution >= 0.6 is 0 Å². The molecule has 110 valence electrons. The van der Waals surface area contributed by atoms with Gasteiger partial charge in [0.25, 0.3) is 0 Å². The van der Waals surface area contributed by atoms with Crippen molar-refractivity contribution in [1.82, 2.24) is 9.97 Å². The van der Waals surface area contributed by atoms with Gasteiger partial charge in [0.05, 0.1) is 18.8 Å². The molecular formula is C15H23N3O2. The van der Waals surface area contributed by atoms with Gasteiger partial charge in [-0.05, 0) is 38.2 Å². The van der Waals surface area contributed by atoms with E-state index in [2.05, 4.69) is 14.9 Å². The second-order valence-corrected chi connectivity index (χ2v) is 5.56. The smallest absolute Gasteiger partial charge is 0.225 e. The topological polar surface area (TPSA) is 47.5 Å². The van der Waals surface area contributed by atoms with E-state index >= 15 is 0 Å². The lowest BCUT2D eigenvalue weighted by Gasteiger charge is -2.33. The molecule has 0 unspecified atom stereocenters. The van der Waals surface area contributed by atoms with Crippen LogP contribution in [0.25, 0.3) is 0 Å². The lowest BCUT2D eigenvalue weighted by atomic mass is 10.1. The van der Waals surface area contributed by atoms with Crippen LogP contribution in [0.1, 0.15) is 32.1 Å². The lowest BCUT2D eigenvalue weighted by molar-refractivity contribution is -0.0672. The molecule has 0 aromatic carbocycles. The maximum Gasteiger partial charge on any atom is 0.225 e. The molecule has 1 aromatic rings. The summed E-state index contributed by atoms with van der Waals surface area (Å²) in [6.45, 7) is 3.60. The Hall–Kier alpha value is -1.20. The summed E-state index contributed by atoms with van der Waals surface area (Å²) in [6, 6.07) is 1.85. The summed E-state index contributed by atoms with van der Waals surface area (Å²) in [7, 11) is 0. The number of rotatable bonds is 4. The highest BCUT2D eigenvalue weighted by Crippen LogP contribution is 2.19. The van der Waals surface area contributed by atoms with E-state index in [-0.39, 0.29) is 0 Å². The van der Waals surface area contributed by atoms with Crippen molar-refractivity contribution < 1.29 is 9.47 Å². The Morgan fingerprint density at radius 1 is 1.15 bits per heavy atom. The van der Waals surface area contributed by atoms with Gasteiger partial charge in [-0.25, -0.2) is 9.97 Å². The average Bonchev–Trinajstić information content (AvgIpc) is 2.55. The Labute approximate surface area is 120 Å². The van der Waals surface area contributed by atoms with E-state index in [1.807, 2.05) is 6.07 Å². The quantitative estimate of drug-likeness (QED) is 0.842. The van der Waals surface area contributed by atoms with Crippen LogP contribution in [0.5, 0.6) is 0 Å². The van der Waals surface area contributed by atoms with Crippen LogP contribution in [-0.2, 0) is 9.47 Å². The predicted molar refractivity (Wildman–Crippen MR) is 76.8 cm³/mol. The Bertz CT molecular complexity index is 387. The first kappa shape index (κ1) is 13.8. The molecule has 2 saturated heterocycles. The summed E-state index contributed by atoms with van der Waals surface area (Å²) < 4.78 is 11.7. The number of hydrogen-bond acceptors (Lipinski definition) is 5. The molecule has 0 radical (unpaired) electrons. The van der Waals surface area contributed by atoms with Crippen molar-refractivity contribution in [1.29, 1.82) is 0 Å². The van der Waals surface area contributed by atoms with Gasteiger partial charge in [-0.2, -0.15) is 0 Å². The Kier molecular flexibility index (Phi) is 4.82. The first-order valence-electron chi connectivity index (χ1n) is 7.67.